The number of rotatable bonds is 7. The molecule has 17 heteroatoms. The third-order valence-electron chi connectivity index (χ3n) is 2.08. The topological polar surface area (TPSA) is 35.5 Å². The molecular weight excluding hydrogens is 422 g/mol. The van der Waals surface area contributed by atoms with Gasteiger partial charge in [-0.2, -0.15) is 57.1 Å². The van der Waals surface area contributed by atoms with E-state index in [1.807, 2.05) is 9.47 Å². The van der Waals surface area contributed by atoms with Crippen molar-refractivity contribution in [1.82, 2.24) is 0 Å². The Morgan fingerprint density at radius 3 is 1.50 bits per heavy atom. The van der Waals surface area contributed by atoms with E-state index in [4.69, 9.17) is 0 Å². The summed E-state index contributed by atoms with van der Waals surface area (Å²) in [7, 11) is 0. The average molecular weight is 424 g/mol. The predicted octanol–water partition coefficient (Wildman–Crippen LogP) is 4.64. The van der Waals surface area contributed by atoms with Gasteiger partial charge in [0.1, 0.15) is 0 Å². The highest BCUT2D eigenvalue weighted by molar-refractivity contribution is 5.79. The van der Waals surface area contributed by atoms with E-state index in [1.54, 1.807) is 0 Å². The van der Waals surface area contributed by atoms with Crippen LogP contribution < -0.4 is 0 Å². The van der Waals surface area contributed by atoms with Crippen molar-refractivity contribution in [1.29, 1.82) is 0 Å². The van der Waals surface area contributed by atoms with Gasteiger partial charge in [0.2, 0.25) is 0 Å². The van der Waals surface area contributed by atoms with E-state index in [1.165, 1.54) is 0 Å². The number of esters is 1. The van der Waals surface area contributed by atoms with Gasteiger partial charge in [0.05, 0.1) is 0 Å². The molecule has 0 saturated carbocycles. The second-order valence-corrected chi connectivity index (χ2v) is 4.02. The molecule has 0 fully saturated rings. The van der Waals surface area contributed by atoms with E-state index in [9.17, 15) is 66.3 Å². The summed E-state index contributed by atoms with van der Waals surface area (Å²) in [6, 6.07) is -4.05. The Hall–Kier alpha value is -1.97. The summed E-state index contributed by atoms with van der Waals surface area (Å²) in [6.07, 6.45) is -19.6. The molecule has 0 aromatic heterocycles. The maximum atomic E-state index is 12.9. The van der Waals surface area contributed by atoms with Crippen LogP contribution in [0.4, 0.5) is 61.5 Å². The van der Waals surface area contributed by atoms with E-state index in [0.717, 1.165) is 0 Å². The first-order valence-corrected chi connectivity index (χ1v) is 5.35. The van der Waals surface area contributed by atoms with Gasteiger partial charge >= 0.3 is 42.2 Å². The van der Waals surface area contributed by atoms with Gasteiger partial charge in [0, 0.05) is 0 Å². The lowest BCUT2D eigenvalue weighted by Crippen LogP contribution is -2.54. The molecule has 0 N–H and O–H groups in total. The number of alkyl halides is 12. The van der Waals surface area contributed by atoms with Crippen molar-refractivity contribution in [2.75, 3.05) is 6.67 Å². The molecule has 0 aliphatic rings. The van der Waals surface area contributed by atoms with Gasteiger partial charge < -0.3 is 9.47 Å². The largest absolute Gasteiger partial charge is 0.478 e. The van der Waals surface area contributed by atoms with Crippen LogP contribution in [0.25, 0.3) is 0 Å². The minimum absolute atomic E-state index is 1.97. The summed E-state index contributed by atoms with van der Waals surface area (Å²) < 4.78 is 176. The molecule has 0 aromatic rings. The van der Waals surface area contributed by atoms with Crippen molar-refractivity contribution in [3.8, 4) is 0 Å². The van der Waals surface area contributed by atoms with Crippen molar-refractivity contribution in [2.24, 2.45) is 0 Å². The Labute approximate surface area is 132 Å². The standard InChI is InChI=1S/C9H2F14O3/c10-1-5(13,14)8(20,21)26-4(24)6(15,16)9(22,23)25-3(12)2(11)7(17,18)19/h1H2. The summed E-state index contributed by atoms with van der Waals surface area (Å²) in [5.41, 5.74) is 0. The van der Waals surface area contributed by atoms with E-state index in [-0.39, 0.29) is 0 Å². The maximum absolute atomic E-state index is 12.9. The summed E-state index contributed by atoms with van der Waals surface area (Å²) in [5, 5.41) is 0. The van der Waals surface area contributed by atoms with Crippen molar-refractivity contribution in [3.05, 3.63) is 11.8 Å². The first kappa shape index (κ1) is 24.0. The summed E-state index contributed by atoms with van der Waals surface area (Å²) in [6.45, 7) is -3.32. The SMILES string of the molecule is O=C(OC(F)(F)C(F)(F)CF)C(F)(F)C(F)(F)OC(F)=C(F)C(F)(F)F. The number of allylic oxidation sites excluding steroid dienone is 1. The quantitative estimate of drug-likeness (QED) is 0.340. The molecule has 0 saturated heterocycles. The summed E-state index contributed by atoms with van der Waals surface area (Å²) >= 11 is 0. The molecule has 0 aliphatic carbocycles. The third kappa shape index (κ3) is 4.80. The molecular formula is C9H2F14O3. The van der Waals surface area contributed by atoms with Gasteiger partial charge in [0.15, 0.2) is 6.67 Å². The van der Waals surface area contributed by atoms with Crippen LogP contribution in [0.2, 0.25) is 0 Å². The smallest absolute Gasteiger partial charge is 0.399 e. The fourth-order valence-corrected chi connectivity index (χ4v) is 0.785. The first-order valence-electron chi connectivity index (χ1n) is 5.35. The van der Waals surface area contributed by atoms with Crippen LogP contribution in [-0.2, 0) is 14.3 Å². The molecule has 0 atom stereocenters. The van der Waals surface area contributed by atoms with Crippen LogP contribution in [0.15, 0.2) is 11.8 Å². The number of ether oxygens (including phenoxy) is 2. The number of carbonyl (C=O) groups excluding carboxylic acids is 1. The number of hydrogen-bond acceptors (Lipinski definition) is 3. The first-order chi connectivity index (χ1) is 11.2. The molecule has 0 amide bonds. The molecule has 26 heavy (non-hydrogen) atoms. The fourth-order valence-electron chi connectivity index (χ4n) is 0.785. The molecule has 154 valence electrons. The predicted molar refractivity (Wildman–Crippen MR) is 48.2 cm³/mol. The number of carbonyl (C=O) groups is 1. The molecule has 0 unspecified atom stereocenters. The average Bonchev–Trinajstić information content (AvgIpc) is 2.43. The second kappa shape index (κ2) is 6.98. The van der Waals surface area contributed by atoms with Crippen molar-refractivity contribution >= 4 is 5.97 Å². The highest BCUT2D eigenvalue weighted by Crippen LogP contribution is 2.43. The molecule has 0 bridgehead atoms. The van der Waals surface area contributed by atoms with Gasteiger partial charge in [-0.05, 0) is 0 Å². The third-order valence-corrected chi connectivity index (χ3v) is 2.08. The lowest BCUT2D eigenvalue weighted by atomic mass is 10.3. The molecule has 0 rings (SSSR count). The highest BCUT2D eigenvalue weighted by Gasteiger charge is 2.71. The minimum atomic E-state index is -6.84. The monoisotopic (exact) mass is 424 g/mol. The Morgan fingerprint density at radius 2 is 1.15 bits per heavy atom. The number of halogens is 14. The lowest BCUT2D eigenvalue weighted by Gasteiger charge is -2.28. The van der Waals surface area contributed by atoms with Gasteiger partial charge in [-0.15, -0.1) is 0 Å². The van der Waals surface area contributed by atoms with Crippen LogP contribution in [0, 0.1) is 0 Å². The van der Waals surface area contributed by atoms with Gasteiger partial charge in [-0.25, -0.2) is 9.18 Å². The number of hydrogen-bond donors (Lipinski definition) is 0. The van der Waals surface area contributed by atoms with E-state index >= 15 is 0 Å². The minimum Gasteiger partial charge on any atom is -0.399 e. The Balaban J connectivity index is 5.63. The van der Waals surface area contributed by atoms with Crippen molar-refractivity contribution in [3.63, 3.8) is 0 Å². The van der Waals surface area contributed by atoms with Crippen molar-refractivity contribution < 1.29 is 75.7 Å². The van der Waals surface area contributed by atoms with Crippen LogP contribution in [0.1, 0.15) is 0 Å². The summed E-state index contributed by atoms with van der Waals surface area (Å²) in [5.74, 6) is -21.2. The van der Waals surface area contributed by atoms with Gasteiger partial charge in [0.25, 0.3) is 5.83 Å². The van der Waals surface area contributed by atoms with Crippen LogP contribution >= 0.6 is 0 Å². The van der Waals surface area contributed by atoms with Gasteiger partial charge in [-0.3, -0.25) is 0 Å². The normalized spacial score (nSPS) is 15.5. The van der Waals surface area contributed by atoms with E-state index in [2.05, 4.69) is 0 Å². The maximum Gasteiger partial charge on any atom is 0.478 e. The Kier molecular flexibility index (Phi) is 6.45. The van der Waals surface area contributed by atoms with Crippen LogP contribution in [-0.4, -0.2) is 42.9 Å². The van der Waals surface area contributed by atoms with Crippen LogP contribution in [0.3, 0.4) is 0 Å². The highest BCUT2D eigenvalue weighted by atomic mass is 19.4. The molecule has 3 nitrogen and oxygen atoms in total. The van der Waals surface area contributed by atoms with Gasteiger partial charge in [-0.1, -0.05) is 0 Å². The van der Waals surface area contributed by atoms with E-state index < -0.39 is 54.7 Å². The molecule has 0 aliphatic heterocycles. The lowest BCUT2D eigenvalue weighted by molar-refractivity contribution is -0.366. The second-order valence-electron chi connectivity index (χ2n) is 4.02. The molecule has 0 heterocycles. The molecule has 0 spiro atoms. The van der Waals surface area contributed by atoms with E-state index in [0.29, 0.717) is 0 Å². The molecule has 0 radical (unpaired) electrons. The summed E-state index contributed by atoms with van der Waals surface area (Å²) in [4.78, 5) is 10.5. The zero-order valence-electron chi connectivity index (χ0n) is 11.2. The zero-order valence-corrected chi connectivity index (χ0v) is 11.2. The van der Waals surface area contributed by atoms with Crippen molar-refractivity contribution in [2.45, 2.75) is 30.2 Å². The zero-order chi connectivity index (χ0) is 21.4. The molecule has 0 aromatic carbocycles. The Bertz CT molecular complexity index is 563. The van der Waals surface area contributed by atoms with Crippen LogP contribution in [0.5, 0.6) is 0 Å². The Morgan fingerprint density at radius 1 is 0.731 bits per heavy atom. The fraction of sp³-hybridized carbons (Fsp3) is 0.667.